The summed E-state index contributed by atoms with van der Waals surface area (Å²) in [6, 6.07) is 7.94. The van der Waals surface area contributed by atoms with E-state index in [9.17, 15) is 10.1 Å². The minimum Gasteiger partial charge on any atom is -0.390 e. The molecule has 0 bridgehead atoms. The van der Waals surface area contributed by atoms with Gasteiger partial charge in [-0.15, -0.1) is 0 Å². The molecule has 1 amide bonds. The van der Waals surface area contributed by atoms with E-state index >= 15 is 0 Å². The Hall–Kier alpha value is -2.32. The van der Waals surface area contributed by atoms with Gasteiger partial charge < -0.3 is 15.4 Å². The van der Waals surface area contributed by atoms with E-state index < -0.39 is 0 Å². The standard InChI is InChI=1S/C19H27N3O2/c1-4-15-9-7-10-16(5-2)18(15)22-19(23)17(13-20)14-21-11-8-12-24-6-3/h7,9-10,14,21H,4-6,8,11-12H2,1-3H3,(H,22,23)/b17-14-. The van der Waals surface area contributed by atoms with E-state index in [1.54, 1.807) is 0 Å². The molecule has 0 unspecified atom stereocenters. The minimum atomic E-state index is -0.384. The van der Waals surface area contributed by atoms with Crippen LogP contribution in [0.2, 0.25) is 0 Å². The van der Waals surface area contributed by atoms with Crippen LogP contribution < -0.4 is 10.6 Å². The number of aryl methyl sites for hydroxylation is 2. The minimum absolute atomic E-state index is 0.0689. The fourth-order valence-electron chi connectivity index (χ4n) is 2.33. The van der Waals surface area contributed by atoms with Crippen molar-refractivity contribution in [1.82, 2.24) is 5.32 Å². The van der Waals surface area contributed by atoms with Crippen LogP contribution in [0.3, 0.4) is 0 Å². The first kappa shape index (κ1) is 19.7. The highest BCUT2D eigenvalue weighted by molar-refractivity contribution is 6.07. The molecule has 0 aliphatic carbocycles. The Labute approximate surface area is 144 Å². The Kier molecular flexibility index (Phi) is 9.25. The van der Waals surface area contributed by atoms with Crippen molar-refractivity contribution in [3.05, 3.63) is 41.1 Å². The van der Waals surface area contributed by atoms with Gasteiger partial charge in [-0.1, -0.05) is 32.0 Å². The molecule has 0 aliphatic heterocycles. The van der Waals surface area contributed by atoms with Crippen molar-refractivity contribution >= 4 is 11.6 Å². The van der Waals surface area contributed by atoms with Crippen molar-refractivity contribution < 1.29 is 9.53 Å². The van der Waals surface area contributed by atoms with Crippen molar-refractivity contribution in [3.63, 3.8) is 0 Å². The summed E-state index contributed by atoms with van der Waals surface area (Å²) in [6.45, 7) is 8.05. The second kappa shape index (κ2) is 11.3. The molecular weight excluding hydrogens is 302 g/mol. The number of rotatable bonds is 10. The van der Waals surface area contributed by atoms with Crippen molar-refractivity contribution in [2.24, 2.45) is 0 Å². The maximum absolute atomic E-state index is 12.4. The number of benzene rings is 1. The summed E-state index contributed by atoms with van der Waals surface area (Å²) in [5.41, 5.74) is 3.04. The number of ether oxygens (including phenoxy) is 1. The van der Waals surface area contributed by atoms with E-state index in [2.05, 4.69) is 10.6 Å². The molecule has 0 heterocycles. The van der Waals surface area contributed by atoms with Gasteiger partial charge in [0, 0.05) is 31.6 Å². The summed E-state index contributed by atoms with van der Waals surface area (Å²) in [4.78, 5) is 12.4. The number of carbonyl (C=O) groups excluding carboxylic acids is 1. The third kappa shape index (κ3) is 6.05. The van der Waals surface area contributed by atoms with Crippen LogP contribution in [0.25, 0.3) is 0 Å². The first-order valence-electron chi connectivity index (χ1n) is 8.51. The molecule has 0 fully saturated rings. The summed E-state index contributed by atoms with van der Waals surface area (Å²) in [6.07, 6.45) is 3.94. The molecule has 0 saturated heterocycles. The molecule has 0 spiro atoms. The van der Waals surface area contributed by atoms with E-state index in [1.165, 1.54) is 6.20 Å². The monoisotopic (exact) mass is 329 g/mol. The van der Waals surface area contributed by atoms with E-state index in [0.717, 1.165) is 36.1 Å². The molecule has 0 aliphatic rings. The largest absolute Gasteiger partial charge is 0.390 e. The van der Waals surface area contributed by atoms with Crippen molar-refractivity contribution in [3.8, 4) is 6.07 Å². The predicted octanol–water partition coefficient (Wildman–Crippen LogP) is 3.17. The maximum Gasteiger partial charge on any atom is 0.267 e. The summed E-state index contributed by atoms with van der Waals surface area (Å²) in [7, 11) is 0. The van der Waals surface area contributed by atoms with Crippen LogP contribution in [0.4, 0.5) is 5.69 Å². The molecule has 0 radical (unpaired) electrons. The molecule has 1 aromatic rings. The van der Waals surface area contributed by atoms with Gasteiger partial charge in [-0.2, -0.15) is 5.26 Å². The van der Waals surface area contributed by atoms with Crippen LogP contribution in [0.15, 0.2) is 30.0 Å². The van der Waals surface area contributed by atoms with E-state index in [1.807, 2.05) is 45.0 Å². The fraction of sp³-hybridized carbons (Fsp3) is 0.474. The molecular formula is C19H27N3O2. The van der Waals surface area contributed by atoms with Crippen molar-refractivity contribution in [2.45, 2.75) is 40.0 Å². The van der Waals surface area contributed by atoms with Gasteiger partial charge >= 0.3 is 0 Å². The van der Waals surface area contributed by atoms with Gasteiger partial charge in [-0.05, 0) is 37.3 Å². The average molecular weight is 329 g/mol. The lowest BCUT2D eigenvalue weighted by Crippen LogP contribution is -2.19. The number of amides is 1. The van der Waals surface area contributed by atoms with Gasteiger partial charge in [0.05, 0.1) is 0 Å². The van der Waals surface area contributed by atoms with Crippen LogP contribution in [-0.4, -0.2) is 25.7 Å². The first-order valence-corrected chi connectivity index (χ1v) is 8.51. The third-order valence-corrected chi connectivity index (χ3v) is 3.66. The highest BCUT2D eigenvalue weighted by Crippen LogP contribution is 2.23. The van der Waals surface area contributed by atoms with Gasteiger partial charge in [-0.25, -0.2) is 0 Å². The zero-order chi connectivity index (χ0) is 17.8. The van der Waals surface area contributed by atoms with Crippen LogP contribution in [0.5, 0.6) is 0 Å². The third-order valence-electron chi connectivity index (χ3n) is 3.66. The Morgan fingerprint density at radius 1 is 1.25 bits per heavy atom. The molecule has 2 N–H and O–H groups in total. The molecule has 5 heteroatoms. The van der Waals surface area contributed by atoms with Crippen LogP contribution in [-0.2, 0) is 22.4 Å². The molecule has 1 rings (SSSR count). The van der Waals surface area contributed by atoms with Gasteiger partial charge in [-0.3, -0.25) is 4.79 Å². The van der Waals surface area contributed by atoms with E-state index in [-0.39, 0.29) is 11.5 Å². The molecule has 24 heavy (non-hydrogen) atoms. The fourth-order valence-corrected chi connectivity index (χ4v) is 2.33. The molecule has 5 nitrogen and oxygen atoms in total. The van der Waals surface area contributed by atoms with Gasteiger partial charge in [0.1, 0.15) is 11.6 Å². The molecule has 0 atom stereocenters. The summed E-state index contributed by atoms with van der Waals surface area (Å²) < 4.78 is 5.24. The lowest BCUT2D eigenvalue weighted by atomic mass is 10.0. The lowest BCUT2D eigenvalue weighted by Gasteiger charge is -2.14. The summed E-state index contributed by atoms with van der Waals surface area (Å²) in [5.74, 6) is -0.384. The molecule has 130 valence electrons. The van der Waals surface area contributed by atoms with Gasteiger partial charge in [0.25, 0.3) is 5.91 Å². The zero-order valence-electron chi connectivity index (χ0n) is 14.8. The second-order valence-corrected chi connectivity index (χ2v) is 5.29. The summed E-state index contributed by atoms with van der Waals surface area (Å²) in [5, 5.41) is 15.1. The molecule has 0 aromatic heterocycles. The van der Waals surface area contributed by atoms with Crippen molar-refractivity contribution in [2.75, 3.05) is 25.1 Å². The number of nitrogens with zero attached hydrogens (tertiary/aromatic N) is 1. The highest BCUT2D eigenvalue weighted by atomic mass is 16.5. The predicted molar refractivity (Wildman–Crippen MR) is 96.6 cm³/mol. The van der Waals surface area contributed by atoms with Gasteiger partial charge in [0.15, 0.2) is 0 Å². The highest BCUT2D eigenvalue weighted by Gasteiger charge is 2.13. The number of hydrogen-bond donors (Lipinski definition) is 2. The number of nitrogens with one attached hydrogen (secondary N) is 2. The van der Waals surface area contributed by atoms with Crippen molar-refractivity contribution in [1.29, 1.82) is 5.26 Å². The maximum atomic E-state index is 12.4. The Bertz CT molecular complexity index is 581. The van der Waals surface area contributed by atoms with Gasteiger partial charge in [0.2, 0.25) is 0 Å². The number of carbonyl (C=O) groups is 1. The Morgan fingerprint density at radius 2 is 1.92 bits per heavy atom. The summed E-state index contributed by atoms with van der Waals surface area (Å²) >= 11 is 0. The number of anilines is 1. The topological polar surface area (TPSA) is 74.1 Å². The smallest absolute Gasteiger partial charge is 0.267 e. The SMILES string of the molecule is CCOCCCN/C=C(/C#N)C(=O)Nc1c(CC)cccc1CC. The quantitative estimate of drug-likeness (QED) is 0.393. The zero-order valence-corrected chi connectivity index (χ0v) is 14.8. The number of hydrogen-bond acceptors (Lipinski definition) is 4. The lowest BCUT2D eigenvalue weighted by molar-refractivity contribution is -0.112. The Balaban J connectivity index is 2.73. The van der Waals surface area contributed by atoms with Crippen LogP contribution in [0.1, 0.15) is 38.3 Å². The molecule has 0 saturated carbocycles. The van der Waals surface area contributed by atoms with E-state index in [0.29, 0.717) is 19.8 Å². The van der Waals surface area contributed by atoms with Crippen LogP contribution in [0, 0.1) is 11.3 Å². The number of para-hydroxylation sites is 1. The Morgan fingerprint density at radius 3 is 2.46 bits per heavy atom. The molecule has 1 aromatic carbocycles. The first-order chi connectivity index (χ1) is 11.7. The van der Waals surface area contributed by atoms with E-state index in [4.69, 9.17) is 4.74 Å². The number of nitriles is 1. The second-order valence-electron chi connectivity index (χ2n) is 5.29. The normalized spacial score (nSPS) is 11.0. The average Bonchev–Trinajstić information content (AvgIpc) is 2.61. The van der Waals surface area contributed by atoms with Crippen LogP contribution >= 0.6 is 0 Å².